The summed E-state index contributed by atoms with van der Waals surface area (Å²) in [5.41, 5.74) is 4.00. The molecule has 200 valence electrons. The minimum atomic E-state index is -0.565. The molecule has 1 aromatic carbocycles. The molecule has 0 spiro atoms. The average molecular weight is 546 g/mol. The Morgan fingerprint density at radius 3 is 2.64 bits per heavy atom. The number of aromatic nitrogens is 4. The van der Waals surface area contributed by atoms with Gasteiger partial charge in [-0.05, 0) is 85.9 Å². The molecule has 2 aliphatic carbocycles. The van der Waals surface area contributed by atoms with Gasteiger partial charge >= 0.3 is 0 Å². The summed E-state index contributed by atoms with van der Waals surface area (Å²) in [6.45, 7) is 5.59. The van der Waals surface area contributed by atoms with Crippen LogP contribution in [0.4, 0.5) is 10.1 Å². The Hall–Kier alpha value is -3.78. The molecular weight excluding hydrogens is 517 g/mol. The maximum absolute atomic E-state index is 15.6. The molecule has 39 heavy (non-hydrogen) atoms. The molecule has 7 nitrogen and oxygen atoms in total. The molecule has 3 aromatic heterocycles. The van der Waals surface area contributed by atoms with E-state index >= 15 is 4.39 Å². The summed E-state index contributed by atoms with van der Waals surface area (Å²) in [5, 5.41) is 7.18. The van der Waals surface area contributed by atoms with Crippen molar-refractivity contribution in [2.45, 2.75) is 51.9 Å². The first-order valence-corrected chi connectivity index (χ1v) is 13.4. The number of nitrogens with zero attached hydrogens (tertiary/aromatic N) is 4. The van der Waals surface area contributed by atoms with Crippen LogP contribution >= 0.6 is 11.6 Å². The SMILES string of the molecule is Cc1cnc(-c2cccc(NC(=O)C3(C)CC3)c2F)cc1-n1c(C)cc([C@H]2C[C@@H]2c2cnn(C)c2)c(Cl)c1=O. The van der Waals surface area contributed by atoms with Crippen LogP contribution in [0.1, 0.15) is 60.4 Å². The Balaban J connectivity index is 1.35. The molecule has 2 saturated carbocycles. The molecule has 4 aromatic rings. The second-order valence-corrected chi connectivity index (χ2v) is 11.5. The number of carbonyl (C=O) groups is 1. The van der Waals surface area contributed by atoms with Crippen molar-refractivity contribution in [2.75, 3.05) is 5.32 Å². The van der Waals surface area contributed by atoms with Gasteiger partial charge in [-0.25, -0.2) is 4.39 Å². The zero-order valence-electron chi connectivity index (χ0n) is 22.3. The second kappa shape index (κ2) is 9.16. The molecule has 0 aliphatic heterocycles. The fraction of sp³-hybridized carbons (Fsp3) is 0.333. The van der Waals surface area contributed by atoms with E-state index in [2.05, 4.69) is 15.4 Å². The zero-order valence-corrected chi connectivity index (χ0v) is 23.0. The maximum atomic E-state index is 15.6. The lowest BCUT2D eigenvalue weighted by atomic mass is 10.0. The molecule has 2 aliphatic rings. The van der Waals surface area contributed by atoms with Crippen LogP contribution in [0.15, 0.2) is 53.7 Å². The maximum Gasteiger partial charge on any atom is 0.274 e. The molecule has 3 heterocycles. The lowest BCUT2D eigenvalue weighted by molar-refractivity contribution is -0.120. The van der Waals surface area contributed by atoms with Crippen LogP contribution < -0.4 is 10.9 Å². The second-order valence-electron chi connectivity index (χ2n) is 11.1. The Morgan fingerprint density at radius 1 is 1.18 bits per heavy atom. The van der Waals surface area contributed by atoms with E-state index in [-0.39, 0.29) is 33.7 Å². The minimum absolute atomic E-state index is 0.114. The van der Waals surface area contributed by atoms with E-state index in [1.54, 1.807) is 39.7 Å². The van der Waals surface area contributed by atoms with Crippen LogP contribution in [0.25, 0.3) is 16.9 Å². The summed E-state index contributed by atoms with van der Waals surface area (Å²) in [7, 11) is 1.89. The number of nitrogens with one attached hydrogen (secondary N) is 1. The van der Waals surface area contributed by atoms with Crippen LogP contribution in [0.3, 0.4) is 0 Å². The summed E-state index contributed by atoms with van der Waals surface area (Å²) in [6.07, 6.45) is 7.99. The Kier molecular flexibility index (Phi) is 5.99. The van der Waals surface area contributed by atoms with Gasteiger partial charge in [0.15, 0.2) is 5.82 Å². The third kappa shape index (κ3) is 4.46. The van der Waals surface area contributed by atoms with Crippen LogP contribution in [0, 0.1) is 25.1 Å². The first-order valence-electron chi connectivity index (χ1n) is 13.1. The minimum Gasteiger partial charge on any atom is -0.323 e. The van der Waals surface area contributed by atoms with Gasteiger partial charge in [-0.15, -0.1) is 0 Å². The highest BCUT2D eigenvalue weighted by Crippen LogP contribution is 2.55. The molecular formula is C30H29ClFN5O2. The molecule has 2 atom stereocenters. The highest BCUT2D eigenvalue weighted by atomic mass is 35.5. The van der Waals surface area contributed by atoms with Gasteiger partial charge < -0.3 is 5.32 Å². The Morgan fingerprint density at radius 2 is 1.95 bits per heavy atom. The first kappa shape index (κ1) is 25.5. The monoisotopic (exact) mass is 545 g/mol. The van der Waals surface area contributed by atoms with E-state index in [4.69, 9.17) is 11.6 Å². The van der Waals surface area contributed by atoms with Crippen molar-refractivity contribution in [3.05, 3.63) is 92.5 Å². The van der Waals surface area contributed by atoms with Gasteiger partial charge in [0.2, 0.25) is 5.91 Å². The van der Waals surface area contributed by atoms with Gasteiger partial charge in [-0.1, -0.05) is 24.6 Å². The van der Waals surface area contributed by atoms with E-state index < -0.39 is 11.2 Å². The highest BCUT2D eigenvalue weighted by Gasteiger charge is 2.45. The Labute approximate surface area is 230 Å². The van der Waals surface area contributed by atoms with E-state index in [9.17, 15) is 9.59 Å². The van der Waals surface area contributed by atoms with Crippen molar-refractivity contribution in [1.29, 1.82) is 0 Å². The number of aryl methyl sites for hydroxylation is 3. The Bertz CT molecular complexity index is 1700. The van der Waals surface area contributed by atoms with Gasteiger partial charge in [-0.3, -0.25) is 23.8 Å². The van der Waals surface area contributed by atoms with E-state index in [0.29, 0.717) is 17.3 Å². The van der Waals surface area contributed by atoms with Gasteiger partial charge in [0.05, 0.1) is 23.3 Å². The predicted octanol–water partition coefficient (Wildman–Crippen LogP) is 6.05. The van der Waals surface area contributed by atoms with Crippen molar-refractivity contribution in [1.82, 2.24) is 19.3 Å². The molecule has 9 heteroatoms. The van der Waals surface area contributed by atoms with Crippen LogP contribution in [-0.2, 0) is 11.8 Å². The quantitative estimate of drug-likeness (QED) is 0.320. The molecule has 6 rings (SSSR count). The molecule has 0 radical (unpaired) electrons. The van der Waals surface area contributed by atoms with E-state index in [0.717, 1.165) is 41.6 Å². The summed E-state index contributed by atoms with van der Waals surface area (Å²) < 4.78 is 18.9. The van der Waals surface area contributed by atoms with Gasteiger partial charge in [0, 0.05) is 36.1 Å². The van der Waals surface area contributed by atoms with Gasteiger partial charge in [0.1, 0.15) is 5.02 Å². The topological polar surface area (TPSA) is 81.8 Å². The van der Waals surface area contributed by atoms with Crippen molar-refractivity contribution in [2.24, 2.45) is 12.5 Å². The van der Waals surface area contributed by atoms with Crippen LogP contribution in [0.5, 0.6) is 0 Å². The van der Waals surface area contributed by atoms with E-state index in [1.807, 2.05) is 46.3 Å². The number of anilines is 1. The van der Waals surface area contributed by atoms with Gasteiger partial charge in [-0.2, -0.15) is 5.10 Å². The number of hydrogen-bond acceptors (Lipinski definition) is 4. The van der Waals surface area contributed by atoms with E-state index in [1.165, 1.54) is 0 Å². The normalized spacial score (nSPS) is 19.1. The third-order valence-corrected chi connectivity index (χ3v) is 8.47. The highest BCUT2D eigenvalue weighted by molar-refractivity contribution is 6.31. The molecule has 0 saturated heterocycles. The number of amides is 1. The van der Waals surface area contributed by atoms with Crippen molar-refractivity contribution < 1.29 is 9.18 Å². The number of pyridine rings is 2. The lowest BCUT2D eigenvalue weighted by Crippen LogP contribution is -2.23. The fourth-order valence-electron chi connectivity index (χ4n) is 5.26. The summed E-state index contributed by atoms with van der Waals surface area (Å²) in [5.74, 6) is -0.292. The average Bonchev–Trinajstić information content (AvgIpc) is 3.82. The summed E-state index contributed by atoms with van der Waals surface area (Å²) in [4.78, 5) is 30.6. The number of carbonyl (C=O) groups excluding carboxylic acids is 1. The molecule has 0 bridgehead atoms. The molecule has 1 N–H and O–H groups in total. The zero-order chi connectivity index (χ0) is 27.6. The summed E-state index contributed by atoms with van der Waals surface area (Å²) >= 11 is 6.69. The third-order valence-electron chi connectivity index (χ3n) is 8.09. The van der Waals surface area contributed by atoms with Crippen LogP contribution in [-0.4, -0.2) is 25.2 Å². The van der Waals surface area contributed by atoms with Crippen molar-refractivity contribution in [3.8, 4) is 16.9 Å². The molecule has 2 fully saturated rings. The smallest absolute Gasteiger partial charge is 0.274 e. The number of halogens is 2. The number of benzene rings is 1. The first-order chi connectivity index (χ1) is 18.6. The van der Waals surface area contributed by atoms with Crippen molar-refractivity contribution in [3.63, 3.8) is 0 Å². The number of hydrogen-bond donors (Lipinski definition) is 1. The summed E-state index contributed by atoms with van der Waals surface area (Å²) in [6, 6.07) is 8.51. The lowest BCUT2D eigenvalue weighted by Gasteiger charge is -2.17. The van der Waals surface area contributed by atoms with Crippen LogP contribution in [0.2, 0.25) is 5.02 Å². The van der Waals surface area contributed by atoms with Gasteiger partial charge in [0.25, 0.3) is 5.56 Å². The molecule has 1 amide bonds. The largest absolute Gasteiger partial charge is 0.323 e. The van der Waals surface area contributed by atoms with Crippen molar-refractivity contribution >= 4 is 23.2 Å². The standard InChI is InChI=1S/C30H29ClFN5O2/c1-16-13-33-24(19-6-5-7-23(27(19)32)35-29(39)30(3)8-9-30)12-25(16)37-17(2)10-22(26(31)28(37)38)21-11-20(21)18-14-34-36(4)15-18/h5-7,10,12-15,20-21H,8-9,11H2,1-4H3,(H,35,39)/t20-,21+/m1/s1. The number of rotatable bonds is 6. The fourth-order valence-corrected chi connectivity index (χ4v) is 5.54. The predicted molar refractivity (Wildman–Crippen MR) is 149 cm³/mol. The molecule has 0 unspecified atom stereocenters.